The first-order valence-electron chi connectivity index (χ1n) is 10.6. The van der Waals surface area contributed by atoms with Gasteiger partial charge in [-0.05, 0) is 44.4 Å². The number of anilines is 1. The molecule has 2 aromatic heterocycles. The minimum absolute atomic E-state index is 0.0852. The SMILES string of the molecule is Cc1ncn(-c2cc(NCCNC(=O)C3(c4ccc(Cl)cc4)CCCC3)ncn2)c1C. The molecule has 8 heteroatoms. The van der Waals surface area contributed by atoms with Crippen molar-refractivity contribution in [2.75, 3.05) is 18.4 Å². The first-order chi connectivity index (χ1) is 15.0. The van der Waals surface area contributed by atoms with E-state index in [0.717, 1.165) is 48.5 Å². The summed E-state index contributed by atoms with van der Waals surface area (Å²) in [6.07, 6.45) is 7.14. The summed E-state index contributed by atoms with van der Waals surface area (Å²) in [5, 5.41) is 7.07. The highest BCUT2D eigenvalue weighted by molar-refractivity contribution is 6.30. The average Bonchev–Trinajstić information content (AvgIpc) is 3.40. The molecule has 0 bridgehead atoms. The van der Waals surface area contributed by atoms with Crippen molar-refractivity contribution in [3.63, 3.8) is 0 Å². The predicted molar refractivity (Wildman–Crippen MR) is 122 cm³/mol. The van der Waals surface area contributed by atoms with Gasteiger partial charge in [-0.25, -0.2) is 15.0 Å². The summed E-state index contributed by atoms with van der Waals surface area (Å²) in [6, 6.07) is 9.56. The Balaban J connectivity index is 1.36. The number of carbonyl (C=O) groups excluding carboxylic acids is 1. The third-order valence-electron chi connectivity index (χ3n) is 6.16. The number of aryl methyl sites for hydroxylation is 1. The fourth-order valence-corrected chi connectivity index (χ4v) is 4.36. The van der Waals surface area contributed by atoms with Gasteiger partial charge in [-0.1, -0.05) is 36.6 Å². The molecule has 2 N–H and O–H groups in total. The van der Waals surface area contributed by atoms with Crippen molar-refractivity contribution in [3.05, 3.63) is 65.0 Å². The van der Waals surface area contributed by atoms with E-state index in [4.69, 9.17) is 11.6 Å². The zero-order valence-corrected chi connectivity index (χ0v) is 18.6. The summed E-state index contributed by atoms with van der Waals surface area (Å²) in [5.74, 6) is 1.55. The molecule has 1 aromatic carbocycles. The van der Waals surface area contributed by atoms with E-state index in [2.05, 4.69) is 25.6 Å². The largest absolute Gasteiger partial charge is 0.368 e. The highest BCUT2D eigenvalue weighted by Crippen LogP contribution is 2.41. The van der Waals surface area contributed by atoms with Crippen molar-refractivity contribution >= 4 is 23.3 Å². The lowest BCUT2D eigenvalue weighted by atomic mass is 9.78. The molecule has 1 aliphatic rings. The molecule has 4 rings (SSSR count). The fourth-order valence-electron chi connectivity index (χ4n) is 4.24. The highest BCUT2D eigenvalue weighted by atomic mass is 35.5. The summed E-state index contributed by atoms with van der Waals surface area (Å²) in [5.41, 5.74) is 2.60. The molecule has 0 unspecified atom stereocenters. The van der Waals surface area contributed by atoms with Crippen molar-refractivity contribution in [1.82, 2.24) is 24.8 Å². The van der Waals surface area contributed by atoms with Gasteiger partial charge in [0, 0.05) is 29.9 Å². The zero-order chi connectivity index (χ0) is 21.8. The van der Waals surface area contributed by atoms with Gasteiger partial charge in [-0.15, -0.1) is 0 Å². The maximum Gasteiger partial charge on any atom is 0.230 e. The number of nitrogens with one attached hydrogen (secondary N) is 2. The molecule has 0 radical (unpaired) electrons. The van der Waals surface area contributed by atoms with Crippen LogP contribution in [0.3, 0.4) is 0 Å². The van der Waals surface area contributed by atoms with Crippen LogP contribution < -0.4 is 10.6 Å². The van der Waals surface area contributed by atoms with Crippen LogP contribution in [-0.2, 0) is 10.2 Å². The molecular weight excluding hydrogens is 412 g/mol. The van der Waals surface area contributed by atoms with Gasteiger partial charge in [0.05, 0.1) is 11.1 Å². The normalized spacial score (nSPS) is 15.1. The second kappa shape index (κ2) is 9.06. The average molecular weight is 439 g/mol. The molecule has 1 aliphatic carbocycles. The topological polar surface area (TPSA) is 84.7 Å². The Hall–Kier alpha value is -2.93. The molecule has 7 nitrogen and oxygen atoms in total. The minimum Gasteiger partial charge on any atom is -0.368 e. The molecule has 0 saturated heterocycles. The third kappa shape index (κ3) is 4.42. The Bertz CT molecular complexity index is 1060. The number of nitrogens with zero attached hydrogens (tertiary/aromatic N) is 4. The smallest absolute Gasteiger partial charge is 0.230 e. The Kier molecular flexibility index (Phi) is 6.23. The van der Waals surface area contributed by atoms with Crippen LogP contribution in [0.15, 0.2) is 43.0 Å². The Labute approximate surface area is 187 Å². The summed E-state index contributed by atoms with van der Waals surface area (Å²) in [6.45, 7) is 5.06. The van der Waals surface area contributed by atoms with Crippen molar-refractivity contribution in [1.29, 1.82) is 0 Å². The molecule has 31 heavy (non-hydrogen) atoms. The van der Waals surface area contributed by atoms with Gasteiger partial charge in [0.2, 0.25) is 5.91 Å². The van der Waals surface area contributed by atoms with Gasteiger partial charge >= 0.3 is 0 Å². The number of hydrogen-bond acceptors (Lipinski definition) is 5. The highest BCUT2D eigenvalue weighted by Gasteiger charge is 2.42. The van der Waals surface area contributed by atoms with Crippen LogP contribution in [0, 0.1) is 13.8 Å². The number of benzene rings is 1. The first-order valence-corrected chi connectivity index (χ1v) is 11.0. The summed E-state index contributed by atoms with van der Waals surface area (Å²) >= 11 is 6.04. The quantitative estimate of drug-likeness (QED) is 0.545. The van der Waals surface area contributed by atoms with Crippen LogP contribution in [0.1, 0.15) is 42.6 Å². The van der Waals surface area contributed by atoms with Crippen LogP contribution >= 0.6 is 11.6 Å². The van der Waals surface area contributed by atoms with Crippen LogP contribution in [0.4, 0.5) is 5.82 Å². The van der Waals surface area contributed by atoms with Crippen LogP contribution in [0.25, 0.3) is 5.82 Å². The van der Waals surface area contributed by atoms with E-state index in [1.54, 1.807) is 6.33 Å². The molecule has 1 amide bonds. The molecule has 0 spiro atoms. The lowest BCUT2D eigenvalue weighted by Gasteiger charge is -2.28. The van der Waals surface area contributed by atoms with Crippen LogP contribution in [0.5, 0.6) is 0 Å². The number of rotatable bonds is 7. The maximum atomic E-state index is 13.1. The van der Waals surface area contributed by atoms with Crippen LogP contribution in [-0.4, -0.2) is 38.5 Å². The lowest BCUT2D eigenvalue weighted by molar-refractivity contribution is -0.126. The van der Waals surface area contributed by atoms with Gasteiger partial charge in [-0.3, -0.25) is 9.36 Å². The lowest BCUT2D eigenvalue weighted by Crippen LogP contribution is -2.44. The van der Waals surface area contributed by atoms with E-state index in [1.807, 2.05) is 48.7 Å². The second-order valence-electron chi connectivity index (χ2n) is 8.03. The van der Waals surface area contributed by atoms with Crippen molar-refractivity contribution < 1.29 is 4.79 Å². The number of halogens is 1. The molecule has 2 heterocycles. The van der Waals surface area contributed by atoms with E-state index in [1.165, 1.54) is 6.33 Å². The fraction of sp³-hybridized carbons (Fsp3) is 0.391. The number of imidazole rings is 1. The Morgan fingerprint density at radius 3 is 2.52 bits per heavy atom. The zero-order valence-electron chi connectivity index (χ0n) is 17.9. The third-order valence-corrected chi connectivity index (χ3v) is 6.41. The second-order valence-corrected chi connectivity index (χ2v) is 8.46. The number of hydrogen-bond donors (Lipinski definition) is 2. The standard InChI is InChI=1S/C23H27ClN6O/c1-16-17(2)30(15-29-16)21-13-20(27-14-28-21)25-11-12-26-22(31)23(9-3-4-10-23)18-5-7-19(24)8-6-18/h5-8,13-15H,3-4,9-12H2,1-2H3,(H,26,31)(H,25,27,28). The van der Waals surface area contributed by atoms with Gasteiger partial charge in [-0.2, -0.15) is 0 Å². The molecule has 0 atom stereocenters. The van der Waals surface area contributed by atoms with E-state index in [9.17, 15) is 4.79 Å². The van der Waals surface area contributed by atoms with E-state index in [0.29, 0.717) is 23.9 Å². The molecule has 0 aliphatic heterocycles. The molecule has 1 saturated carbocycles. The number of amides is 1. The molecule has 3 aromatic rings. The van der Waals surface area contributed by atoms with Crippen LogP contribution in [0.2, 0.25) is 5.02 Å². The predicted octanol–water partition coefficient (Wildman–Crippen LogP) is 3.97. The molecular formula is C23H27ClN6O. The van der Waals surface area contributed by atoms with Gasteiger partial charge in [0.15, 0.2) is 0 Å². The van der Waals surface area contributed by atoms with E-state index < -0.39 is 5.41 Å². The van der Waals surface area contributed by atoms with Crippen molar-refractivity contribution in [2.24, 2.45) is 0 Å². The number of carbonyl (C=O) groups is 1. The maximum absolute atomic E-state index is 13.1. The Morgan fingerprint density at radius 1 is 1.10 bits per heavy atom. The van der Waals surface area contributed by atoms with E-state index >= 15 is 0 Å². The van der Waals surface area contributed by atoms with Crippen molar-refractivity contribution in [2.45, 2.75) is 44.9 Å². The van der Waals surface area contributed by atoms with Crippen molar-refractivity contribution in [3.8, 4) is 5.82 Å². The first kappa shape index (κ1) is 21.3. The van der Waals surface area contributed by atoms with Gasteiger partial charge in [0.25, 0.3) is 0 Å². The van der Waals surface area contributed by atoms with E-state index in [-0.39, 0.29) is 5.91 Å². The van der Waals surface area contributed by atoms with Gasteiger partial charge < -0.3 is 10.6 Å². The number of aromatic nitrogens is 4. The summed E-state index contributed by atoms with van der Waals surface area (Å²) < 4.78 is 1.93. The summed E-state index contributed by atoms with van der Waals surface area (Å²) in [7, 11) is 0. The Morgan fingerprint density at radius 2 is 1.84 bits per heavy atom. The molecule has 162 valence electrons. The van der Waals surface area contributed by atoms with Gasteiger partial charge in [0.1, 0.15) is 24.3 Å². The summed E-state index contributed by atoms with van der Waals surface area (Å²) in [4.78, 5) is 26.1. The minimum atomic E-state index is -0.455. The molecule has 1 fully saturated rings. The monoisotopic (exact) mass is 438 g/mol.